The Morgan fingerprint density at radius 2 is 0.581 bits per heavy atom. The minimum Gasteiger partial charge on any atom is -0.442 e. The van der Waals surface area contributed by atoms with E-state index in [-0.39, 0.29) is 0 Å². The topological polar surface area (TPSA) is 56.8 Å². The van der Waals surface area contributed by atoms with Crippen LogP contribution in [0.3, 0.4) is 0 Å². The lowest BCUT2D eigenvalue weighted by molar-refractivity contribution is -0.395. The van der Waals surface area contributed by atoms with Crippen molar-refractivity contribution in [2.24, 2.45) is 0 Å². The standard InChI is InChI=1S/C16F24N2O/c17-5(18)3(9(25,26)13(33,34)15(37,38)11(29,30)7(21,22)1-41)43-4(6(19)20)10(27,28)14(35,36)16(39,40)12(31,32)8(23,24)2-42. The van der Waals surface area contributed by atoms with Gasteiger partial charge in [-0.15, -0.1) is 0 Å². The molecule has 0 N–H and O–H groups in total. The van der Waals surface area contributed by atoms with Gasteiger partial charge in [0.1, 0.15) is 12.1 Å². The molecule has 0 radical (unpaired) electrons. The summed E-state index contributed by atoms with van der Waals surface area (Å²) in [7, 11) is 0. The van der Waals surface area contributed by atoms with E-state index in [2.05, 4.69) is 0 Å². The highest BCUT2D eigenvalue weighted by molar-refractivity contribution is 5.26. The molecule has 0 aliphatic carbocycles. The Kier molecular flexibility index (Phi) is 9.79. The predicted octanol–water partition coefficient (Wildman–Crippen LogP) is 8.62. The van der Waals surface area contributed by atoms with Crippen LogP contribution in [-0.4, -0.2) is 59.2 Å². The molecule has 27 heteroatoms. The van der Waals surface area contributed by atoms with Crippen LogP contribution in [0.5, 0.6) is 0 Å². The molecular formula is C16F24N2O. The van der Waals surface area contributed by atoms with Crippen LogP contribution in [0.2, 0.25) is 0 Å². The van der Waals surface area contributed by atoms with Gasteiger partial charge in [-0.3, -0.25) is 0 Å². The molecule has 0 fully saturated rings. The number of hydrogen-bond donors (Lipinski definition) is 0. The summed E-state index contributed by atoms with van der Waals surface area (Å²) in [6, 6.07) is -2.28. The average Bonchev–Trinajstić information content (AvgIpc) is 2.82. The van der Waals surface area contributed by atoms with E-state index in [1.807, 2.05) is 4.74 Å². The molecule has 0 spiro atoms. The highest BCUT2D eigenvalue weighted by Crippen LogP contribution is 2.62. The fourth-order valence-electron chi connectivity index (χ4n) is 2.15. The number of nitrogens with zero attached hydrogens (tertiary/aromatic N) is 2. The van der Waals surface area contributed by atoms with E-state index in [9.17, 15) is 105 Å². The maximum atomic E-state index is 13.9. The van der Waals surface area contributed by atoms with E-state index in [0.717, 1.165) is 0 Å². The Bertz CT molecular complexity index is 1130. The summed E-state index contributed by atoms with van der Waals surface area (Å²) in [5.41, 5.74) is 0. The fourth-order valence-corrected chi connectivity index (χ4v) is 2.15. The van der Waals surface area contributed by atoms with E-state index in [1.54, 1.807) is 0 Å². The number of alkyl halides is 20. The lowest BCUT2D eigenvalue weighted by Crippen LogP contribution is -2.68. The van der Waals surface area contributed by atoms with Crippen molar-refractivity contribution in [1.29, 1.82) is 10.5 Å². The fraction of sp³-hybridized carbons (Fsp3) is 0.625. The zero-order chi connectivity index (χ0) is 35.4. The summed E-state index contributed by atoms with van der Waals surface area (Å²) in [6.07, 6.45) is -10.4. The van der Waals surface area contributed by atoms with Crippen LogP contribution < -0.4 is 0 Å². The first-order valence-corrected chi connectivity index (χ1v) is 8.89. The predicted molar refractivity (Wildman–Crippen MR) is 80.3 cm³/mol. The maximum absolute atomic E-state index is 13.9. The summed E-state index contributed by atoms with van der Waals surface area (Å²) >= 11 is 0. The molecular weight excluding hydrogens is 692 g/mol. The monoisotopic (exact) mass is 692 g/mol. The molecule has 0 aromatic carbocycles. The van der Waals surface area contributed by atoms with E-state index < -0.39 is 95.0 Å². The van der Waals surface area contributed by atoms with Crippen molar-refractivity contribution in [2.75, 3.05) is 0 Å². The van der Waals surface area contributed by atoms with Gasteiger partial charge in [-0.2, -0.15) is 116 Å². The molecule has 248 valence electrons. The zero-order valence-corrected chi connectivity index (χ0v) is 18.4. The first-order valence-electron chi connectivity index (χ1n) is 8.89. The second kappa shape index (κ2) is 10.6. The molecule has 0 bridgehead atoms. The van der Waals surface area contributed by atoms with Crippen molar-refractivity contribution in [1.82, 2.24) is 0 Å². The Morgan fingerprint density at radius 3 is 0.744 bits per heavy atom. The molecule has 0 atom stereocenters. The SMILES string of the molecule is N#CC(F)(F)C(F)(F)C(F)(F)C(F)(F)C(F)(F)C(OC(=C(F)F)C(F)(F)C(F)(F)C(F)(F)C(F)(F)C(F)(F)C#N)=C(F)F. The second-order valence-electron chi connectivity index (χ2n) is 7.25. The molecule has 43 heavy (non-hydrogen) atoms. The number of nitriles is 2. The van der Waals surface area contributed by atoms with Crippen LogP contribution in [-0.2, 0) is 4.74 Å². The van der Waals surface area contributed by atoms with Gasteiger partial charge >= 0.3 is 71.4 Å². The van der Waals surface area contributed by atoms with E-state index in [4.69, 9.17) is 10.5 Å². The first kappa shape index (κ1) is 39.6. The summed E-state index contributed by atoms with van der Waals surface area (Å²) in [5, 5.41) is 15.3. The minimum absolute atomic E-state index is 1.14. The number of hydrogen-bond acceptors (Lipinski definition) is 3. The smallest absolute Gasteiger partial charge is 0.400 e. The Morgan fingerprint density at radius 1 is 0.372 bits per heavy atom. The van der Waals surface area contributed by atoms with E-state index in [1.165, 1.54) is 0 Å². The van der Waals surface area contributed by atoms with Gasteiger partial charge in [0, 0.05) is 0 Å². The van der Waals surface area contributed by atoms with Crippen LogP contribution >= 0.6 is 0 Å². The normalized spacial score (nSPS) is 14.9. The number of ether oxygens (including phenoxy) is 1. The minimum atomic E-state index is -8.69. The third-order valence-electron chi connectivity index (χ3n) is 4.55. The Labute approximate surface area is 217 Å². The molecule has 0 amide bonds. The third kappa shape index (κ3) is 5.31. The quantitative estimate of drug-likeness (QED) is 0.152. The van der Waals surface area contributed by atoms with Crippen LogP contribution in [0.4, 0.5) is 105 Å². The molecule has 0 saturated carbocycles. The molecule has 0 aliphatic rings. The van der Waals surface area contributed by atoms with Crippen molar-refractivity contribution in [3.63, 3.8) is 0 Å². The van der Waals surface area contributed by atoms with Crippen molar-refractivity contribution >= 4 is 0 Å². The zero-order valence-electron chi connectivity index (χ0n) is 18.4. The maximum Gasteiger partial charge on any atom is 0.400 e. The van der Waals surface area contributed by atoms with Gasteiger partial charge in [0.2, 0.25) is 11.5 Å². The molecule has 0 aromatic rings. The van der Waals surface area contributed by atoms with Gasteiger partial charge in [-0.05, 0) is 0 Å². The number of rotatable bonds is 12. The molecule has 0 aliphatic heterocycles. The van der Waals surface area contributed by atoms with Gasteiger partial charge in [0.25, 0.3) is 0 Å². The van der Waals surface area contributed by atoms with Crippen LogP contribution in [0.1, 0.15) is 0 Å². The Balaban J connectivity index is 7.42. The molecule has 3 nitrogen and oxygen atoms in total. The number of allylic oxidation sites excluding steroid dienone is 2. The van der Waals surface area contributed by atoms with Crippen LogP contribution in [0.25, 0.3) is 0 Å². The highest BCUT2D eigenvalue weighted by atomic mass is 19.4. The largest absolute Gasteiger partial charge is 0.442 e. The van der Waals surface area contributed by atoms with Gasteiger partial charge in [-0.25, -0.2) is 0 Å². The van der Waals surface area contributed by atoms with Crippen LogP contribution in [0.15, 0.2) is 23.7 Å². The lowest BCUT2D eigenvalue weighted by Gasteiger charge is -2.39. The van der Waals surface area contributed by atoms with Gasteiger partial charge in [-0.1, -0.05) is 0 Å². The molecule has 0 aromatic heterocycles. The summed E-state index contributed by atoms with van der Waals surface area (Å²) in [6.45, 7) is 0. The lowest BCUT2D eigenvalue weighted by atomic mass is 9.93. The summed E-state index contributed by atoms with van der Waals surface area (Å²) in [4.78, 5) is 0. The van der Waals surface area contributed by atoms with Crippen molar-refractivity contribution < 1.29 is 110 Å². The molecule has 0 rings (SSSR count). The van der Waals surface area contributed by atoms with Crippen molar-refractivity contribution in [2.45, 2.75) is 59.2 Å². The van der Waals surface area contributed by atoms with Gasteiger partial charge in [0.05, 0.1) is 0 Å². The van der Waals surface area contributed by atoms with Crippen molar-refractivity contribution in [3.8, 4) is 12.1 Å². The second-order valence-corrected chi connectivity index (χ2v) is 7.25. The Hall–Kier alpha value is -3.42. The third-order valence-corrected chi connectivity index (χ3v) is 4.55. The van der Waals surface area contributed by atoms with Crippen molar-refractivity contribution in [3.05, 3.63) is 23.7 Å². The molecule has 0 unspecified atom stereocenters. The van der Waals surface area contributed by atoms with E-state index in [0.29, 0.717) is 0 Å². The molecule has 0 saturated heterocycles. The average molecular weight is 692 g/mol. The number of halogens is 24. The molecule has 0 heterocycles. The van der Waals surface area contributed by atoms with Crippen LogP contribution in [0, 0.1) is 22.7 Å². The van der Waals surface area contributed by atoms with Gasteiger partial charge in [0.15, 0.2) is 0 Å². The highest BCUT2D eigenvalue weighted by Gasteiger charge is 2.90. The summed E-state index contributed by atoms with van der Waals surface area (Å²) < 4.78 is 322. The van der Waals surface area contributed by atoms with Gasteiger partial charge < -0.3 is 4.74 Å². The van der Waals surface area contributed by atoms with E-state index >= 15 is 0 Å². The summed E-state index contributed by atoms with van der Waals surface area (Å²) in [5.74, 6) is -92.6. The first-order chi connectivity index (χ1) is 18.5.